The van der Waals surface area contributed by atoms with Crippen LogP contribution in [0.4, 0.5) is 0 Å². The van der Waals surface area contributed by atoms with Crippen molar-refractivity contribution < 1.29 is 4.79 Å². The first-order valence-electron chi connectivity index (χ1n) is 6.41. The topological polar surface area (TPSA) is 59.4 Å². The highest BCUT2D eigenvalue weighted by molar-refractivity contribution is 5.77. The SMILES string of the molecule is N#CCN1CCCC1CC(=O)N1CCNCC1. The molecule has 2 aliphatic heterocycles. The van der Waals surface area contributed by atoms with Gasteiger partial charge in [0.2, 0.25) is 5.91 Å². The number of rotatable bonds is 3. The maximum atomic E-state index is 12.1. The average Bonchev–Trinajstić information content (AvgIpc) is 2.78. The summed E-state index contributed by atoms with van der Waals surface area (Å²) in [5, 5.41) is 12.0. The first-order valence-corrected chi connectivity index (χ1v) is 6.41. The molecule has 2 aliphatic rings. The van der Waals surface area contributed by atoms with Gasteiger partial charge in [-0.3, -0.25) is 9.69 Å². The molecule has 0 radical (unpaired) electrons. The summed E-state index contributed by atoms with van der Waals surface area (Å²) in [5.74, 6) is 0.251. The van der Waals surface area contributed by atoms with E-state index in [-0.39, 0.29) is 11.9 Å². The van der Waals surface area contributed by atoms with Crippen LogP contribution in [0.3, 0.4) is 0 Å². The number of hydrogen-bond donors (Lipinski definition) is 1. The standard InChI is InChI=1S/C12H20N4O/c13-3-7-15-6-1-2-11(15)10-12(17)16-8-4-14-5-9-16/h11,14H,1-2,4-10H2. The lowest BCUT2D eigenvalue weighted by Gasteiger charge is -2.30. The van der Waals surface area contributed by atoms with Gasteiger partial charge >= 0.3 is 0 Å². The van der Waals surface area contributed by atoms with Crippen LogP contribution in [0.5, 0.6) is 0 Å². The number of nitriles is 1. The molecule has 94 valence electrons. The van der Waals surface area contributed by atoms with E-state index in [9.17, 15) is 4.79 Å². The fourth-order valence-electron chi connectivity index (χ4n) is 2.67. The van der Waals surface area contributed by atoms with Crippen molar-refractivity contribution in [1.29, 1.82) is 5.26 Å². The van der Waals surface area contributed by atoms with Gasteiger partial charge in [-0.15, -0.1) is 0 Å². The minimum Gasteiger partial charge on any atom is -0.340 e. The van der Waals surface area contributed by atoms with Gasteiger partial charge in [-0.1, -0.05) is 0 Å². The van der Waals surface area contributed by atoms with Crippen LogP contribution in [0.2, 0.25) is 0 Å². The third-order valence-electron chi connectivity index (χ3n) is 3.65. The highest BCUT2D eigenvalue weighted by Crippen LogP contribution is 2.20. The molecular formula is C12H20N4O. The molecule has 5 nitrogen and oxygen atoms in total. The summed E-state index contributed by atoms with van der Waals surface area (Å²) in [4.78, 5) is 16.2. The highest BCUT2D eigenvalue weighted by atomic mass is 16.2. The minimum absolute atomic E-state index is 0.251. The van der Waals surface area contributed by atoms with E-state index in [2.05, 4.69) is 16.3 Å². The fourth-order valence-corrected chi connectivity index (χ4v) is 2.67. The van der Waals surface area contributed by atoms with Gasteiger partial charge in [0, 0.05) is 38.6 Å². The second-order valence-electron chi connectivity index (χ2n) is 4.76. The van der Waals surface area contributed by atoms with Crippen molar-refractivity contribution in [3.8, 4) is 6.07 Å². The lowest BCUT2D eigenvalue weighted by Crippen LogP contribution is -2.48. The summed E-state index contributed by atoms with van der Waals surface area (Å²) in [6, 6.07) is 2.47. The van der Waals surface area contributed by atoms with Crippen LogP contribution in [0.25, 0.3) is 0 Å². The summed E-state index contributed by atoms with van der Waals surface area (Å²) in [6.45, 7) is 4.87. The lowest BCUT2D eigenvalue weighted by molar-refractivity contribution is -0.132. The minimum atomic E-state index is 0.251. The van der Waals surface area contributed by atoms with Crippen molar-refractivity contribution >= 4 is 5.91 Å². The Hall–Kier alpha value is -1.12. The van der Waals surface area contributed by atoms with Gasteiger partial charge in [-0.25, -0.2) is 0 Å². The molecule has 5 heteroatoms. The maximum absolute atomic E-state index is 12.1. The second kappa shape index (κ2) is 5.99. The van der Waals surface area contributed by atoms with Crippen LogP contribution < -0.4 is 5.32 Å². The Morgan fingerprint density at radius 2 is 2.12 bits per heavy atom. The molecule has 2 saturated heterocycles. The van der Waals surface area contributed by atoms with Gasteiger partial charge in [0.05, 0.1) is 12.6 Å². The van der Waals surface area contributed by atoms with Crippen molar-refractivity contribution in [1.82, 2.24) is 15.1 Å². The zero-order valence-electron chi connectivity index (χ0n) is 10.2. The van der Waals surface area contributed by atoms with Crippen molar-refractivity contribution in [2.75, 3.05) is 39.3 Å². The average molecular weight is 236 g/mol. The molecule has 1 atom stereocenters. The van der Waals surface area contributed by atoms with Crippen LogP contribution in [0.1, 0.15) is 19.3 Å². The van der Waals surface area contributed by atoms with Crippen LogP contribution >= 0.6 is 0 Å². The largest absolute Gasteiger partial charge is 0.340 e. The number of nitrogens with one attached hydrogen (secondary N) is 1. The van der Waals surface area contributed by atoms with Crippen LogP contribution in [0, 0.1) is 11.3 Å². The molecule has 0 aromatic heterocycles. The molecule has 0 aromatic rings. The Kier molecular flexibility index (Phi) is 4.35. The van der Waals surface area contributed by atoms with E-state index in [4.69, 9.17) is 5.26 Å². The van der Waals surface area contributed by atoms with Crippen molar-refractivity contribution in [3.63, 3.8) is 0 Å². The number of amides is 1. The van der Waals surface area contributed by atoms with E-state index in [0.717, 1.165) is 45.6 Å². The third kappa shape index (κ3) is 3.18. The zero-order chi connectivity index (χ0) is 12.1. The first kappa shape index (κ1) is 12.3. The van der Waals surface area contributed by atoms with E-state index >= 15 is 0 Å². The van der Waals surface area contributed by atoms with E-state index in [1.54, 1.807) is 0 Å². The summed E-state index contributed by atoms with van der Waals surface area (Å²) < 4.78 is 0. The molecule has 17 heavy (non-hydrogen) atoms. The predicted octanol–water partition coefficient (Wildman–Crippen LogP) is -0.204. The molecular weight excluding hydrogens is 216 g/mol. The van der Waals surface area contributed by atoms with E-state index < -0.39 is 0 Å². The normalized spacial score (nSPS) is 25.8. The first-order chi connectivity index (χ1) is 8.31. The van der Waals surface area contributed by atoms with Gasteiger partial charge in [-0.05, 0) is 19.4 Å². The second-order valence-corrected chi connectivity index (χ2v) is 4.76. The van der Waals surface area contributed by atoms with Gasteiger partial charge in [-0.2, -0.15) is 5.26 Å². The smallest absolute Gasteiger partial charge is 0.224 e. The molecule has 0 bridgehead atoms. The van der Waals surface area contributed by atoms with Crippen molar-refractivity contribution in [3.05, 3.63) is 0 Å². The zero-order valence-corrected chi connectivity index (χ0v) is 10.2. The van der Waals surface area contributed by atoms with Crippen LogP contribution in [0.15, 0.2) is 0 Å². The highest BCUT2D eigenvalue weighted by Gasteiger charge is 2.28. The number of nitrogens with zero attached hydrogens (tertiary/aromatic N) is 3. The molecule has 1 unspecified atom stereocenters. The molecule has 2 rings (SSSR count). The Bertz CT molecular complexity index is 306. The van der Waals surface area contributed by atoms with Gasteiger partial charge in [0.25, 0.3) is 0 Å². The van der Waals surface area contributed by atoms with Crippen molar-refractivity contribution in [2.24, 2.45) is 0 Å². The van der Waals surface area contributed by atoms with Crippen LogP contribution in [-0.4, -0.2) is 61.0 Å². The molecule has 2 fully saturated rings. The van der Waals surface area contributed by atoms with Crippen molar-refractivity contribution in [2.45, 2.75) is 25.3 Å². The molecule has 1 amide bonds. The molecule has 0 aromatic carbocycles. The summed E-state index contributed by atoms with van der Waals surface area (Å²) in [5.41, 5.74) is 0. The number of carbonyl (C=O) groups excluding carboxylic acids is 1. The number of piperazine rings is 1. The van der Waals surface area contributed by atoms with Gasteiger partial charge in [0.15, 0.2) is 0 Å². The van der Waals surface area contributed by atoms with E-state index in [1.165, 1.54) is 0 Å². The Balaban J connectivity index is 1.83. The Morgan fingerprint density at radius 3 is 2.82 bits per heavy atom. The Morgan fingerprint density at radius 1 is 1.35 bits per heavy atom. The lowest BCUT2D eigenvalue weighted by atomic mass is 10.1. The third-order valence-corrected chi connectivity index (χ3v) is 3.65. The Labute approximate surface area is 102 Å². The van der Waals surface area contributed by atoms with E-state index in [1.807, 2.05) is 4.90 Å². The quantitative estimate of drug-likeness (QED) is 0.689. The van der Waals surface area contributed by atoms with Crippen LogP contribution in [-0.2, 0) is 4.79 Å². The monoisotopic (exact) mass is 236 g/mol. The molecule has 0 aliphatic carbocycles. The van der Waals surface area contributed by atoms with E-state index in [0.29, 0.717) is 13.0 Å². The van der Waals surface area contributed by atoms with Gasteiger partial charge < -0.3 is 10.2 Å². The number of carbonyl (C=O) groups is 1. The molecule has 1 N–H and O–H groups in total. The predicted molar refractivity (Wildman–Crippen MR) is 64.3 cm³/mol. The number of hydrogen-bond acceptors (Lipinski definition) is 4. The molecule has 0 spiro atoms. The van der Waals surface area contributed by atoms with Gasteiger partial charge in [0.1, 0.15) is 0 Å². The maximum Gasteiger partial charge on any atom is 0.224 e. The molecule has 0 saturated carbocycles. The number of likely N-dealkylation sites (tertiary alicyclic amines) is 1. The summed E-state index contributed by atoms with van der Waals surface area (Å²) in [7, 11) is 0. The fraction of sp³-hybridized carbons (Fsp3) is 0.833. The summed E-state index contributed by atoms with van der Waals surface area (Å²) >= 11 is 0. The summed E-state index contributed by atoms with van der Waals surface area (Å²) in [6.07, 6.45) is 2.75. The molecule has 2 heterocycles.